The fourth-order valence-electron chi connectivity index (χ4n) is 5.25. The van der Waals surface area contributed by atoms with Crippen molar-refractivity contribution in [1.82, 2.24) is 10.8 Å². The fraction of sp³-hybridized carbons (Fsp3) is 0.963. The first-order chi connectivity index (χ1) is 16.9. The van der Waals surface area contributed by atoms with E-state index in [0.717, 1.165) is 19.4 Å². The Balaban J connectivity index is 1.59. The van der Waals surface area contributed by atoms with Gasteiger partial charge in [0, 0.05) is 19.6 Å². The average Bonchev–Trinajstić information content (AvgIpc) is 3.31. The molecule has 0 spiro atoms. The second kappa shape index (κ2) is 16.9. The number of rotatable bonds is 20. The van der Waals surface area contributed by atoms with E-state index in [2.05, 4.69) is 12.2 Å². The summed E-state index contributed by atoms with van der Waals surface area (Å²) in [7, 11) is 1.62. The molecule has 0 saturated carbocycles. The minimum Gasteiger partial charge on any atom is -0.376 e. The van der Waals surface area contributed by atoms with Gasteiger partial charge in [0.1, 0.15) is 18.3 Å². The van der Waals surface area contributed by atoms with Crippen LogP contribution < -0.4 is 10.8 Å². The van der Waals surface area contributed by atoms with Crippen molar-refractivity contribution in [3.8, 4) is 0 Å². The molecule has 35 heavy (non-hydrogen) atoms. The average molecular weight is 501 g/mol. The van der Waals surface area contributed by atoms with Crippen molar-refractivity contribution in [2.24, 2.45) is 0 Å². The summed E-state index contributed by atoms with van der Waals surface area (Å²) in [6, 6.07) is -0.310. The second-order valence-electron chi connectivity index (χ2n) is 10.7. The number of amides is 1. The molecule has 2 unspecified atom stereocenters. The van der Waals surface area contributed by atoms with Crippen LogP contribution in [0.5, 0.6) is 0 Å². The van der Waals surface area contributed by atoms with Gasteiger partial charge in [-0.3, -0.25) is 10.0 Å². The van der Waals surface area contributed by atoms with Crippen LogP contribution >= 0.6 is 0 Å². The van der Waals surface area contributed by atoms with Crippen LogP contribution in [0.15, 0.2) is 0 Å². The van der Waals surface area contributed by atoms with E-state index in [-0.39, 0.29) is 24.7 Å². The van der Waals surface area contributed by atoms with Crippen molar-refractivity contribution >= 4 is 5.91 Å². The van der Waals surface area contributed by atoms with Crippen molar-refractivity contribution in [2.75, 3.05) is 13.7 Å². The van der Waals surface area contributed by atoms with Gasteiger partial charge in [0.05, 0.1) is 0 Å². The van der Waals surface area contributed by atoms with Crippen molar-refractivity contribution in [3.05, 3.63) is 0 Å². The third kappa shape index (κ3) is 11.0. The van der Waals surface area contributed by atoms with Gasteiger partial charge in [-0.05, 0) is 26.8 Å². The lowest BCUT2D eigenvalue weighted by Gasteiger charge is -2.30. The molecule has 0 aromatic carbocycles. The molecule has 2 aliphatic rings. The summed E-state index contributed by atoms with van der Waals surface area (Å²) in [6.45, 7) is 6.74. The first kappa shape index (κ1) is 30.5. The van der Waals surface area contributed by atoms with E-state index in [0.29, 0.717) is 0 Å². The summed E-state index contributed by atoms with van der Waals surface area (Å²) < 4.78 is 23.6. The van der Waals surface area contributed by atoms with Crippen molar-refractivity contribution in [3.63, 3.8) is 0 Å². The molecular weight excluding hydrogens is 448 g/mol. The summed E-state index contributed by atoms with van der Waals surface area (Å²) in [5, 5.41) is 12.5. The number of unbranched alkanes of at least 4 members (excludes halogenated alkanes) is 13. The lowest BCUT2D eigenvalue weighted by Crippen LogP contribution is -2.50. The normalized spacial score (nSPS) is 26.1. The van der Waals surface area contributed by atoms with E-state index in [4.69, 9.17) is 24.2 Å². The summed E-state index contributed by atoms with van der Waals surface area (Å²) in [6.07, 6.45) is 17.0. The number of nitrogens with one attached hydrogen (secondary N) is 2. The third-order valence-electron chi connectivity index (χ3n) is 7.16. The Morgan fingerprint density at radius 2 is 1.46 bits per heavy atom. The van der Waals surface area contributed by atoms with Crippen LogP contribution in [0.2, 0.25) is 0 Å². The van der Waals surface area contributed by atoms with Gasteiger partial charge in [0.15, 0.2) is 12.1 Å². The highest BCUT2D eigenvalue weighted by molar-refractivity contribution is 5.75. The molecule has 0 aliphatic carbocycles. The van der Waals surface area contributed by atoms with Crippen LogP contribution in [0.1, 0.15) is 117 Å². The van der Waals surface area contributed by atoms with Gasteiger partial charge in [-0.25, -0.2) is 5.48 Å². The zero-order chi connectivity index (χ0) is 25.5. The van der Waals surface area contributed by atoms with Gasteiger partial charge in [0.25, 0.3) is 0 Å². The largest absolute Gasteiger partial charge is 0.376 e. The summed E-state index contributed by atoms with van der Waals surface area (Å²) >= 11 is 0. The molecule has 8 nitrogen and oxygen atoms in total. The molecule has 0 radical (unpaired) electrons. The molecule has 206 valence electrons. The summed E-state index contributed by atoms with van der Waals surface area (Å²) in [5.74, 6) is -1.18. The predicted octanol–water partition coefficient (Wildman–Crippen LogP) is 5.21. The molecular formula is C27H52N2O6. The molecule has 0 aromatic heterocycles. The lowest BCUT2D eigenvalue weighted by atomic mass is 9.99. The number of methoxy groups -OCH3 is 1. The highest BCUT2D eigenvalue weighted by Gasteiger charge is 2.56. The molecule has 3 N–H and O–H groups in total. The van der Waals surface area contributed by atoms with Crippen LogP contribution in [0.3, 0.4) is 0 Å². The fourth-order valence-corrected chi connectivity index (χ4v) is 5.25. The van der Waals surface area contributed by atoms with Gasteiger partial charge in [-0.2, -0.15) is 0 Å². The third-order valence-corrected chi connectivity index (χ3v) is 7.16. The number of carbonyl (C=O) groups excluding carboxylic acids is 1. The molecule has 2 rings (SSSR count). The van der Waals surface area contributed by atoms with Gasteiger partial charge in [-0.15, -0.1) is 0 Å². The monoisotopic (exact) mass is 500 g/mol. The van der Waals surface area contributed by atoms with E-state index < -0.39 is 24.1 Å². The van der Waals surface area contributed by atoms with E-state index in [1.165, 1.54) is 77.0 Å². The quantitative estimate of drug-likeness (QED) is 0.120. The van der Waals surface area contributed by atoms with E-state index >= 15 is 0 Å². The van der Waals surface area contributed by atoms with Crippen molar-refractivity contribution < 1.29 is 28.9 Å². The van der Waals surface area contributed by atoms with Gasteiger partial charge >= 0.3 is 0 Å². The molecule has 8 heteroatoms. The minimum atomic E-state index is -0.725. The Morgan fingerprint density at radius 1 is 0.914 bits per heavy atom. The Hall–Kier alpha value is -0.770. The van der Waals surface area contributed by atoms with Crippen LogP contribution in [-0.2, 0) is 23.7 Å². The van der Waals surface area contributed by atoms with E-state index in [1.807, 2.05) is 13.8 Å². The SMILES string of the molecule is CCCCCCCCCCCCCCCCNC(CC(=O)NO)C1O[C@H]2OC(C)(C)O[C@H]2[C@@H]1OC. The smallest absolute Gasteiger partial charge is 0.245 e. The van der Waals surface area contributed by atoms with E-state index in [1.54, 1.807) is 12.6 Å². The lowest BCUT2D eigenvalue weighted by molar-refractivity contribution is -0.220. The second-order valence-corrected chi connectivity index (χ2v) is 10.7. The Bertz CT molecular complexity index is 576. The number of fused-ring (bicyclic) bond motifs is 1. The van der Waals surface area contributed by atoms with Crippen LogP contribution in [0.4, 0.5) is 0 Å². The first-order valence-electron chi connectivity index (χ1n) is 14.1. The zero-order valence-corrected chi connectivity index (χ0v) is 22.7. The van der Waals surface area contributed by atoms with Crippen LogP contribution in [0.25, 0.3) is 0 Å². The van der Waals surface area contributed by atoms with Gasteiger partial charge < -0.3 is 24.3 Å². The maximum atomic E-state index is 11.9. The molecule has 0 bridgehead atoms. The number of hydroxylamine groups is 1. The Labute approximate surface area is 213 Å². The first-order valence-corrected chi connectivity index (χ1v) is 14.1. The highest BCUT2D eigenvalue weighted by atomic mass is 16.8. The van der Waals surface area contributed by atoms with Crippen molar-refractivity contribution in [2.45, 2.75) is 154 Å². The van der Waals surface area contributed by atoms with E-state index in [9.17, 15) is 4.79 Å². The number of carbonyl (C=O) groups is 1. The molecule has 2 saturated heterocycles. The molecule has 0 aromatic rings. The van der Waals surface area contributed by atoms with Crippen LogP contribution in [0, 0.1) is 0 Å². The standard InChI is InChI=1S/C27H52N2O6/c1-5-6-7-8-9-10-11-12-13-14-15-16-17-18-19-28-21(20-22(30)29-31)23-24(32-4)25-26(33-23)35-27(2,3)34-25/h21,23-26,28,31H,5-20H2,1-4H3,(H,29,30)/t21?,23?,24-,25+,26+/m1/s1. The topological polar surface area (TPSA) is 98.3 Å². The summed E-state index contributed by atoms with van der Waals surface area (Å²) in [5.41, 5.74) is 1.73. The Morgan fingerprint density at radius 3 is 1.97 bits per heavy atom. The molecule has 2 aliphatic heterocycles. The molecule has 5 atom stereocenters. The zero-order valence-electron chi connectivity index (χ0n) is 22.7. The number of ether oxygens (including phenoxy) is 4. The highest BCUT2D eigenvalue weighted by Crippen LogP contribution is 2.39. The summed E-state index contributed by atoms with van der Waals surface area (Å²) in [4.78, 5) is 11.9. The maximum Gasteiger partial charge on any atom is 0.245 e. The minimum absolute atomic E-state index is 0.0858. The van der Waals surface area contributed by atoms with Crippen molar-refractivity contribution in [1.29, 1.82) is 0 Å². The number of hydrogen-bond donors (Lipinski definition) is 3. The number of hydrogen-bond acceptors (Lipinski definition) is 7. The predicted molar refractivity (Wildman–Crippen MR) is 136 cm³/mol. The van der Waals surface area contributed by atoms with Gasteiger partial charge in [0.2, 0.25) is 5.91 Å². The van der Waals surface area contributed by atoms with Gasteiger partial charge in [-0.1, -0.05) is 90.4 Å². The molecule has 2 fully saturated rings. The Kier molecular flexibility index (Phi) is 14.7. The molecule has 1 amide bonds. The molecule has 2 heterocycles. The maximum absolute atomic E-state index is 11.9. The van der Waals surface area contributed by atoms with Crippen LogP contribution in [-0.4, -0.2) is 61.2 Å².